The first-order valence-electron chi connectivity index (χ1n) is 11.3. The number of benzene rings is 1. The predicted octanol–water partition coefficient (Wildman–Crippen LogP) is 2.64. The Morgan fingerprint density at radius 1 is 1.11 bits per heavy atom. The van der Waals surface area contributed by atoms with Gasteiger partial charge in [0.15, 0.2) is 0 Å². The van der Waals surface area contributed by atoms with Gasteiger partial charge in [-0.2, -0.15) is 0 Å². The van der Waals surface area contributed by atoms with Crippen LogP contribution in [0.1, 0.15) is 47.2 Å². The molecule has 1 saturated heterocycles. The van der Waals surface area contributed by atoms with Gasteiger partial charge in [0.2, 0.25) is 5.79 Å². The van der Waals surface area contributed by atoms with Gasteiger partial charge in [-0.25, -0.2) is 4.79 Å². The highest BCUT2D eigenvalue weighted by Gasteiger charge is 2.35. The lowest BCUT2D eigenvalue weighted by Gasteiger charge is -2.32. The molecule has 0 spiro atoms. The summed E-state index contributed by atoms with van der Waals surface area (Å²) in [5, 5.41) is 0. The number of carbonyl (C=O) groups excluding carboxylic acids is 3. The highest BCUT2D eigenvalue weighted by Crippen LogP contribution is 2.36. The third-order valence-corrected chi connectivity index (χ3v) is 5.17. The van der Waals surface area contributed by atoms with Gasteiger partial charge in [-0.1, -0.05) is 6.07 Å². The fraction of sp³-hybridized carbons (Fsp3) is 0.440. The van der Waals surface area contributed by atoms with Crippen molar-refractivity contribution in [1.29, 1.82) is 0 Å². The van der Waals surface area contributed by atoms with E-state index in [1.54, 1.807) is 55.3 Å². The molecule has 1 fully saturated rings. The van der Waals surface area contributed by atoms with Crippen LogP contribution in [0.25, 0.3) is 0 Å². The highest BCUT2D eigenvalue weighted by molar-refractivity contribution is 5.96. The minimum atomic E-state index is -0.920. The van der Waals surface area contributed by atoms with E-state index in [0.717, 1.165) is 0 Å². The first kappa shape index (κ1) is 26.0. The van der Waals surface area contributed by atoms with Crippen molar-refractivity contribution in [3.05, 3.63) is 53.3 Å². The van der Waals surface area contributed by atoms with Crippen LogP contribution < -0.4 is 9.47 Å². The summed E-state index contributed by atoms with van der Waals surface area (Å²) >= 11 is 0. The number of fused-ring (bicyclic) bond motifs is 1. The number of aromatic nitrogens is 1. The molecule has 1 aromatic heterocycles. The molecule has 188 valence electrons. The van der Waals surface area contributed by atoms with E-state index in [1.165, 1.54) is 14.0 Å². The second-order valence-corrected chi connectivity index (χ2v) is 8.22. The highest BCUT2D eigenvalue weighted by atomic mass is 16.7. The molecular formula is C25H30N2O8. The number of cyclic esters (lactones) is 1. The zero-order chi connectivity index (χ0) is 25.4. The minimum absolute atomic E-state index is 0.0424. The van der Waals surface area contributed by atoms with Crippen molar-refractivity contribution in [3.8, 4) is 11.5 Å². The Kier molecular flexibility index (Phi) is 8.64. The fourth-order valence-corrected chi connectivity index (χ4v) is 3.59. The van der Waals surface area contributed by atoms with E-state index in [1.807, 2.05) is 0 Å². The average Bonchev–Trinajstić information content (AvgIpc) is 2.83. The molecule has 0 unspecified atom stereocenters. The van der Waals surface area contributed by atoms with Crippen LogP contribution in [0.3, 0.4) is 0 Å². The van der Waals surface area contributed by atoms with E-state index in [9.17, 15) is 14.4 Å². The van der Waals surface area contributed by atoms with Crippen molar-refractivity contribution < 1.29 is 38.1 Å². The lowest BCUT2D eigenvalue weighted by molar-refractivity contribution is -0.140. The summed E-state index contributed by atoms with van der Waals surface area (Å²) in [5.41, 5.74) is 1.58. The molecule has 3 heterocycles. The first-order valence-corrected chi connectivity index (χ1v) is 11.3. The summed E-state index contributed by atoms with van der Waals surface area (Å²) in [6, 6.07) is 8.69. The van der Waals surface area contributed by atoms with Crippen LogP contribution in [0.2, 0.25) is 0 Å². The quantitative estimate of drug-likeness (QED) is 0.589. The SMILES string of the molecule is CC(=O)OCCc1ncccc1C(=O)N1CCOCC1.COc1cccc2c1C(=O)OC(C)(C)O2. The molecule has 4 rings (SSSR count). The van der Waals surface area contributed by atoms with E-state index < -0.39 is 11.8 Å². The summed E-state index contributed by atoms with van der Waals surface area (Å²) in [4.78, 5) is 40.9. The number of carbonyl (C=O) groups is 3. The molecule has 0 saturated carbocycles. The number of pyridine rings is 1. The minimum Gasteiger partial charge on any atom is -0.496 e. The number of rotatable bonds is 5. The number of methoxy groups -OCH3 is 1. The Hall–Kier alpha value is -3.66. The van der Waals surface area contributed by atoms with Crippen LogP contribution >= 0.6 is 0 Å². The number of ether oxygens (including phenoxy) is 5. The van der Waals surface area contributed by atoms with Gasteiger partial charge in [0.1, 0.15) is 17.1 Å². The smallest absolute Gasteiger partial charge is 0.349 e. The van der Waals surface area contributed by atoms with E-state index in [0.29, 0.717) is 61.0 Å². The van der Waals surface area contributed by atoms with Crippen LogP contribution in [0, 0.1) is 0 Å². The van der Waals surface area contributed by atoms with Gasteiger partial charge in [0.25, 0.3) is 5.91 Å². The number of amides is 1. The van der Waals surface area contributed by atoms with Crippen molar-refractivity contribution in [2.45, 2.75) is 33.0 Å². The van der Waals surface area contributed by atoms with Gasteiger partial charge >= 0.3 is 11.9 Å². The standard InChI is InChI=1S/C14H18N2O4.C11H12O4/c1-11(17)20-8-4-13-12(3-2-5-15-13)14(18)16-6-9-19-10-7-16;1-11(2)14-8-6-4-5-7(13-3)9(8)10(12)15-11/h2-3,5H,4,6-10H2,1H3;4-6H,1-3H3. The lowest BCUT2D eigenvalue weighted by Crippen LogP contribution is -2.41. The summed E-state index contributed by atoms with van der Waals surface area (Å²) in [6.07, 6.45) is 2.07. The Balaban J connectivity index is 0.000000203. The molecule has 10 heteroatoms. The number of hydrogen-bond donors (Lipinski definition) is 0. The monoisotopic (exact) mass is 486 g/mol. The number of morpholine rings is 1. The topological polar surface area (TPSA) is 113 Å². The number of hydrogen-bond acceptors (Lipinski definition) is 9. The molecule has 0 N–H and O–H groups in total. The van der Waals surface area contributed by atoms with E-state index in [4.69, 9.17) is 23.7 Å². The van der Waals surface area contributed by atoms with Gasteiger partial charge in [0, 0.05) is 46.5 Å². The predicted molar refractivity (Wildman–Crippen MR) is 124 cm³/mol. The van der Waals surface area contributed by atoms with Crippen LogP contribution in [-0.2, 0) is 25.4 Å². The average molecular weight is 487 g/mol. The second-order valence-electron chi connectivity index (χ2n) is 8.22. The Morgan fingerprint density at radius 2 is 1.86 bits per heavy atom. The summed E-state index contributed by atoms with van der Waals surface area (Å²) in [7, 11) is 1.50. The Morgan fingerprint density at radius 3 is 2.54 bits per heavy atom. The van der Waals surface area contributed by atoms with Gasteiger partial charge in [-0.3, -0.25) is 14.6 Å². The van der Waals surface area contributed by atoms with Gasteiger partial charge in [-0.15, -0.1) is 0 Å². The van der Waals surface area contributed by atoms with Gasteiger partial charge in [-0.05, 0) is 24.3 Å². The van der Waals surface area contributed by atoms with Crippen LogP contribution in [0.4, 0.5) is 0 Å². The van der Waals surface area contributed by atoms with Crippen molar-refractivity contribution in [2.24, 2.45) is 0 Å². The first-order chi connectivity index (χ1) is 16.7. The lowest BCUT2D eigenvalue weighted by atomic mass is 10.1. The molecule has 2 aliphatic heterocycles. The van der Waals surface area contributed by atoms with E-state index in [-0.39, 0.29) is 18.5 Å². The van der Waals surface area contributed by atoms with Crippen LogP contribution in [-0.4, -0.2) is 73.5 Å². The molecule has 10 nitrogen and oxygen atoms in total. The second kappa shape index (κ2) is 11.7. The maximum atomic E-state index is 12.4. The molecule has 1 amide bonds. The van der Waals surface area contributed by atoms with Crippen molar-refractivity contribution in [1.82, 2.24) is 9.88 Å². The molecule has 2 aliphatic rings. The maximum Gasteiger partial charge on any atom is 0.349 e. The molecule has 0 aliphatic carbocycles. The largest absolute Gasteiger partial charge is 0.496 e. The molecule has 0 bridgehead atoms. The molecule has 1 aromatic carbocycles. The van der Waals surface area contributed by atoms with Crippen LogP contribution in [0.5, 0.6) is 11.5 Å². The third-order valence-electron chi connectivity index (χ3n) is 5.17. The van der Waals surface area contributed by atoms with Crippen LogP contribution in [0.15, 0.2) is 36.5 Å². The molecule has 0 radical (unpaired) electrons. The van der Waals surface area contributed by atoms with Gasteiger partial charge < -0.3 is 28.6 Å². The van der Waals surface area contributed by atoms with E-state index in [2.05, 4.69) is 4.98 Å². The molecule has 0 atom stereocenters. The molecule has 35 heavy (non-hydrogen) atoms. The van der Waals surface area contributed by atoms with Crippen molar-refractivity contribution in [2.75, 3.05) is 40.0 Å². The summed E-state index contributed by atoms with van der Waals surface area (Å²) in [6.45, 7) is 7.28. The summed E-state index contributed by atoms with van der Waals surface area (Å²) < 4.78 is 25.8. The molecular weight excluding hydrogens is 456 g/mol. The zero-order valence-corrected chi connectivity index (χ0v) is 20.4. The Bertz CT molecular complexity index is 1060. The van der Waals surface area contributed by atoms with Crippen molar-refractivity contribution in [3.63, 3.8) is 0 Å². The van der Waals surface area contributed by atoms with Gasteiger partial charge in [0.05, 0.1) is 38.2 Å². The maximum absolute atomic E-state index is 12.4. The van der Waals surface area contributed by atoms with E-state index >= 15 is 0 Å². The summed E-state index contributed by atoms with van der Waals surface area (Å²) in [5.74, 6) is -0.750. The van der Waals surface area contributed by atoms with Crippen molar-refractivity contribution >= 4 is 17.8 Å². The number of esters is 2. The normalized spacial score (nSPS) is 16.0. The Labute approximate surface area is 204 Å². The fourth-order valence-electron chi connectivity index (χ4n) is 3.59. The molecule has 2 aromatic rings. The zero-order valence-electron chi connectivity index (χ0n) is 20.4. The third kappa shape index (κ3) is 6.92. The number of nitrogens with zero attached hydrogens (tertiary/aromatic N) is 2.